The van der Waals surface area contributed by atoms with Crippen LogP contribution in [0.25, 0.3) is 0 Å². The normalized spacial score (nSPS) is 11.3. The Balaban J connectivity index is 2.02. The number of halogens is 1. The molecule has 10 heteroatoms. The number of hydrogen-bond acceptors (Lipinski definition) is 7. The highest BCUT2D eigenvalue weighted by molar-refractivity contribution is 5.98. The monoisotopic (exact) mass is 439 g/mol. The van der Waals surface area contributed by atoms with Crippen molar-refractivity contribution in [3.05, 3.63) is 71.5 Å². The molecule has 166 valence electrons. The fraction of sp³-hybridized carbons (Fsp3) is 0.136. The molecule has 1 heterocycles. The maximum absolute atomic E-state index is 14.8. The average molecular weight is 439 g/mol. The van der Waals surface area contributed by atoms with E-state index in [1.165, 1.54) is 14.2 Å². The number of ether oxygens (including phenoxy) is 2. The first-order valence-corrected chi connectivity index (χ1v) is 9.43. The molecule has 0 saturated carbocycles. The summed E-state index contributed by atoms with van der Waals surface area (Å²) in [7, 11) is 2.97. The van der Waals surface area contributed by atoms with Gasteiger partial charge in [0.25, 0.3) is 5.91 Å². The third-order valence-electron chi connectivity index (χ3n) is 4.55. The minimum absolute atomic E-state index is 0.0343. The summed E-state index contributed by atoms with van der Waals surface area (Å²) in [5.74, 6) is -1.88. The number of benzene rings is 2. The zero-order valence-corrected chi connectivity index (χ0v) is 17.4. The van der Waals surface area contributed by atoms with Crippen molar-refractivity contribution in [3.8, 4) is 11.5 Å². The number of anilines is 3. The van der Waals surface area contributed by atoms with Crippen molar-refractivity contribution in [1.82, 2.24) is 4.98 Å². The second-order valence-electron chi connectivity index (χ2n) is 6.70. The van der Waals surface area contributed by atoms with Crippen molar-refractivity contribution in [1.29, 1.82) is 0 Å². The Hall–Kier alpha value is -4.34. The van der Waals surface area contributed by atoms with Gasteiger partial charge < -0.3 is 31.6 Å². The SMILES string of the molecule is COc1cc(Nc2nc(NC(C(N)=O)c3ccccc3)c(F)cc2C(N)=O)cc(OC)c1. The zero-order chi connectivity index (χ0) is 23.3. The summed E-state index contributed by atoms with van der Waals surface area (Å²) in [5.41, 5.74) is 11.7. The lowest BCUT2D eigenvalue weighted by Gasteiger charge is -2.19. The molecule has 0 aliphatic carbocycles. The van der Waals surface area contributed by atoms with E-state index < -0.39 is 23.7 Å². The lowest BCUT2D eigenvalue weighted by atomic mass is 10.1. The lowest BCUT2D eigenvalue weighted by molar-refractivity contribution is -0.118. The summed E-state index contributed by atoms with van der Waals surface area (Å²) < 4.78 is 25.2. The van der Waals surface area contributed by atoms with Crippen molar-refractivity contribution in [2.45, 2.75) is 6.04 Å². The molecule has 0 aliphatic rings. The molecule has 1 unspecified atom stereocenters. The quantitative estimate of drug-likeness (QED) is 0.402. The molecule has 9 nitrogen and oxygen atoms in total. The number of nitrogens with one attached hydrogen (secondary N) is 2. The number of amides is 2. The third-order valence-corrected chi connectivity index (χ3v) is 4.55. The number of carbonyl (C=O) groups excluding carboxylic acids is 2. The molecule has 0 bridgehead atoms. The number of hydrogen-bond donors (Lipinski definition) is 4. The molecule has 0 spiro atoms. The number of rotatable bonds is 9. The Morgan fingerprint density at radius 1 is 0.969 bits per heavy atom. The van der Waals surface area contributed by atoms with Crippen LogP contribution >= 0.6 is 0 Å². The van der Waals surface area contributed by atoms with Crippen LogP contribution in [0.4, 0.5) is 21.7 Å². The van der Waals surface area contributed by atoms with Gasteiger partial charge in [-0.1, -0.05) is 30.3 Å². The van der Waals surface area contributed by atoms with E-state index in [0.29, 0.717) is 22.7 Å². The second-order valence-corrected chi connectivity index (χ2v) is 6.70. The predicted octanol–water partition coefficient (Wildman–Crippen LogP) is 2.72. The van der Waals surface area contributed by atoms with Crippen molar-refractivity contribution in [3.63, 3.8) is 0 Å². The molecular formula is C22H22FN5O4. The number of primary amides is 2. The Kier molecular flexibility index (Phi) is 6.74. The molecule has 2 amide bonds. The molecule has 1 atom stereocenters. The first-order valence-electron chi connectivity index (χ1n) is 9.43. The molecule has 3 rings (SSSR count). The van der Waals surface area contributed by atoms with Crippen LogP contribution in [-0.4, -0.2) is 31.0 Å². The average Bonchev–Trinajstić information content (AvgIpc) is 2.78. The van der Waals surface area contributed by atoms with Gasteiger partial charge in [-0.3, -0.25) is 9.59 Å². The van der Waals surface area contributed by atoms with Gasteiger partial charge in [0, 0.05) is 23.9 Å². The van der Waals surface area contributed by atoms with Crippen LogP contribution in [0.1, 0.15) is 22.0 Å². The number of aromatic nitrogens is 1. The van der Waals surface area contributed by atoms with Gasteiger partial charge in [0.2, 0.25) is 5.91 Å². The minimum Gasteiger partial charge on any atom is -0.497 e. The van der Waals surface area contributed by atoms with Crippen molar-refractivity contribution in [2.75, 3.05) is 24.9 Å². The van der Waals surface area contributed by atoms with E-state index in [4.69, 9.17) is 20.9 Å². The summed E-state index contributed by atoms with van der Waals surface area (Å²) in [6, 6.07) is 13.3. The van der Waals surface area contributed by atoms with Gasteiger partial charge in [0.05, 0.1) is 19.8 Å². The Bertz CT molecular complexity index is 1120. The fourth-order valence-electron chi connectivity index (χ4n) is 2.99. The number of methoxy groups -OCH3 is 2. The van der Waals surface area contributed by atoms with Crippen molar-refractivity contribution < 1.29 is 23.5 Å². The zero-order valence-electron chi connectivity index (χ0n) is 17.4. The summed E-state index contributed by atoms with van der Waals surface area (Å²) in [4.78, 5) is 28.1. The van der Waals surface area contributed by atoms with Crippen LogP contribution in [0.5, 0.6) is 11.5 Å². The first-order chi connectivity index (χ1) is 15.3. The summed E-state index contributed by atoms with van der Waals surface area (Å²) in [5, 5.41) is 5.62. The molecular weight excluding hydrogens is 417 g/mol. The maximum Gasteiger partial charge on any atom is 0.252 e. The van der Waals surface area contributed by atoms with Crippen molar-refractivity contribution >= 4 is 29.1 Å². The van der Waals surface area contributed by atoms with E-state index in [0.717, 1.165) is 6.07 Å². The molecule has 0 fully saturated rings. The van der Waals surface area contributed by atoms with Gasteiger partial charge in [-0.05, 0) is 11.6 Å². The smallest absolute Gasteiger partial charge is 0.252 e. The predicted molar refractivity (Wildman–Crippen MR) is 118 cm³/mol. The molecule has 1 aromatic heterocycles. The van der Waals surface area contributed by atoms with Gasteiger partial charge in [-0.15, -0.1) is 0 Å². The molecule has 0 radical (unpaired) electrons. The topological polar surface area (TPSA) is 142 Å². The van der Waals surface area contributed by atoms with Crippen LogP contribution in [0.2, 0.25) is 0 Å². The minimum atomic E-state index is -1.05. The summed E-state index contributed by atoms with van der Waals surface area (Å²) in [6.07, 6.45) is 0. The second kappa shape index (κ2) is 9.65. The lowest BCUT2D eigenvalue weighted by Crippen LogP contribution is -2.28. The molecule has 2 aromatic carbocycles. The highest BCUT2D eigenvalue weighted by atomic mass is 19.1. The third kappa shape index (κ3) is 5.04. The fourth-order valence-corrected chi connectivity index (χ4v) is 2.99. The van der Waals surface area contributed by atoms with Crippen LogP contribution in [0.15, 0.2) is 54.6 Å². The number of nitrogens with zero attached hydrogens (tertiary/aromatic N) is 1. The maximum atomic E-state index is 14.8. The largest absolute Gasteiger partial charge is 0.497 e. The van der Waals surface area contributed by atoms with Gasteiger partial charge >= 0.3 is 0 Å². The first kappa shape index (κ1) is 22.3. The van der Waals surface area contributed by atoms with E-state index in [1.54, 1.807) is 48.5 Å². The van der Waals surface area contributed by atoms with Gasteiger partial charge in [0.15, 0.2) is 11.6 Å². The van der Waals surface area contributed by atoms with E-state index >= 15 is 0 Å². The van der Waals surface area contributed by atoms with Crippen LogP contribution in [-0.2, 0) is 4.79 Å². The van der Waals surface area contributed by atoms with E-state index in [2.05, 4.69) is 15.6 Å². The van der Waals surface area contributed by atoms with Gasteiger partial charge in [-0.2, -0.15) is 0 Å². The molecule has 0 aliphatic heterocycles. The van der Waals surface area contributed by atoms with Gasteiger partial charge in [-0.25, -0.2) is 9.37 Å². The van der Waals surface area contributed by atoms with Gasteiger partial charge in [0.1, 0.15) is 23.4 Å². The Morgan fingerprint density at radius 2 is 1.59 bits per heavy atom. The van der Waals surface area contributed by atoms with Crippen LogP contribution < -0.4 is 31.6 Å². The molecule has 6 N–H and O–H groups in total. The Labute approximate surface area is 183 Å². The number of nitrogens with two attached hydrogens (primary N) is 2. The number of pyridine rings is 1. The van der Waals surface area contributed by atoms with E-state index in [-0.39, 0.29) is 17.2 Å². The molecule has 3 aromatic rings. The summed E-state index contributed by atoms with van der Waals surface area (Å²) >= 11 is 0. The standard InChI is InChI=1S/C22H22FN5O4/c1-31-14-8-13(9-15(10-14)32-2)26-21-16(19(24)29)11-17(23)22(28-21)27-18(20(25)30)12-6-4-3-5-7-12/h3-11,18H,1-2H3,(H2,24,29)(H2,25,30)(H2,26,27,28). The van der Waals surface area contributed by atoms with Crippen LogP contribution in [0.3, 0.4) is 0 Å². The summed E-state index contributed by atoms with van der Waals surface area (Å²) in [6.45, 7) is 0. The Morgan fingerprint density at radius 3 is 2.12 bits per heavy atom. The molecule has 32 heavy (non-hydrogen) atoms. The number of carbonyl (C=O) groups is 2. The van der Waals surface area contributed by atoms with E-state index in [1.807, 2.05) is 0 Å². The highest BCUT2D eigenvalue weighted by Gasteiger charge is 2.22. The van der Waals surface area contributed by atoms with Crippen LogP contribution in [0, 0.1) is 5.82 Å². The van der Waals surface area contributed by atoms with Crippen molar-refractivity contribution in [2.24, 2.45) is 11.5 Å². The highest BCUT2D eigenvalue weighted by Crippen LogP contribution is 2.30. The molecule has 0 saturated heterocycles. The van der Waals surface area contributed by atoms with E-state index in [9.17, 15) is 14.0 Å².